The van der Waals surface area contributed by atoms with E-state index in [9.17, 15) is 34.2 Å². The van der Waals surface area contributed by atoms with Crippen molar-refractivity contribution in [2.24, 2.45) is 29.4 Å². The Kier molecular flexibility index (Phi) is 5.89. The van der Waals surface area contributed by atoms with Crippen LogP contribution < -0.4 is 5.73 Å². The molecule has 3 fully saturated rings. The molecule has 1 heterocycles. The van der Waals surface area contributed by atoms with E-state index >= 15 is 0 Å². The normalized spacial score (nSPS) is 34.5. The first-order valence-corrected chi connectivity index (χ1v) is 12.4. The second-order valence-electron chi connectivity index (χ2n) is 10.9. The number of Topliss-reactive ketones (excluding diaryl/α,β-unsaturated/α-hetero) is 4. The molecule has 36 heavy (non-hydrogen) atoms. The van der Waals surface area contributed by atoms with Crippen molar-refractivity contribution >= 4 is 29.0 Å². The number of rotatable bonds is 4. The third-order valence-corrected chi connectivity index (χ3v) is 8.53. The summed E-state index contributed by atoms with van der Waals surface area (Å²) in [5.74, 6) is -10.1. The Morgan fingerprint density at radius 2 is 1.81 bits per heavy atom. The minimum absolute atomic E-state index is 0.0340. The number of nitrogens with two attached hydrogens (primary N) is 1. The lowest BCUT2D eigenvalue weighted by Crippen LogP contribution is -2.74. The molecule has 1 aliphatic heterocycles. The molecule has 6 atom stereocenters. The smallest absolute Gasteiger partial charge is 0.235 e. The second kappa shape index (κ2) is 8.57. The molecule has 192 valence electrons. The highest BCUT2D eigenvalue weighted by Gasteiger charge is 2.69. The number of hydrogen-bond donors (Lipinski definition) is 3. The molecule has 0 radical (unpaired) electrons. The lowest BCUT2D eigenvalue weighted by atomic mass is 9.52. The van der Waals surface area contributed by atoms with Crippen LogP contribution in [-0.4, -0.2) is 87.9 Å². The first-order valence-electron chi connectivity index (χ1n) is 12.4. The number of ketones is 4. The van der Waals surface area contributed by atoms with Gasteiger partial charge in [0.05, 0.1) is 17.5 Å². The standard InChI is InChI=1S/C26H31N3O7/c1-28(2)20-15-10-14-9-13-7-12(11-29-5-3-4-6-29)8-16(30)17(13)21(31)18(14)23(33)26(15,36)24(34)19(22(20)32)25(27)35/h7-8,14-15,18-20,30,36H,3-6,9-11H2,1-2H3,(H2,27,35). The van der Waals surface area contributed by atoms with Crippen molar-refractivity contribution in [3.63, 3.8) is 0 Å². The van der Waals surface area contributed by atoms with Crippen LogP contribution in [0.3, 0.4) is 0 Å². The van der Waals surface area contributed by atoms with Gasteiger partial charge in [-0.2, -0.15) is 0 Å². The predicted molar refractivity (Wildman–Crippen MR) is 126 cm³/mol. The molecule has 10 nitrogen and oxygen atoms in total. The van der Waals surface area contributed by atoms with Gasteiger partial charge in [0, 0.05) is 12.5 Å². The number of phenolic OH excluding ortho intramolecular Hbond substituents is 1. The number of nitrogens with zero attached hydrogens (tertiary/aromatic N) is 2. The molecule has 6 unspecified atom stereocenters. The van der Waals surface area contributed by atoms with Crippen LogP contribution in [0.5, 0.6) is 5.75 Å². The Bertz CT molecular complexity index is 1190. The maximum absolute atomic E-state index is 13.7. The predicted octanol–water partition coefficient (Wildman–Crippen LogP) is -0.537. The van der Waals surface area contributed by atoms with Gasteiger partial charge < -0.3 is 15.9 Å². The number of fused-ring (bicyclic) bond motifs is 3. The maximum atomic E-state index is 13.7. The van der Waals surface area contributed by atoms with Gasteiger partial charge >= 0.3 is 0 Å². The summed E-state index contributed by atoms with van der Waals surface area (Å²) in [6.45, 7) is 2.58. The molecule has 1 saturated heterocycles. The van der Waals surface area contributed by atoms with E-state index in [0.717, 1.165) is 31.5 Å². The summed E-state index contributed by atoms with van der Waals surface area (Å²) >= 11 is 0. The van der Waals surface area contributed by atoms with Crippen LogP contribution in [0.4, 0.5) is 0 Å². The summed E-state index contributed by atoms with van der Waals surface area (Å²) in [6.07, 6.45) is 2.58. The van der Waals surface area contributed by atoms with Crippen molar-refractivity contribution < 1.29 is 34.2 Å². The quantitative estimate of drug-likeness (QED) is 0.465. The van der Waals surface area contributed by atoms with E-state index in [1.807, 2.05) is 6.07 Å². The number of primary amides is 1. The van der Waals surface area contributed by atoms with Gasteiger partial charge in [-0.3, -0.25) is 33.8 Å². The Labute approximate surface area is 208 Å². The van der Waals surface area contributed by atoms with Gasteiger partial charge in [-0.1, -0.05) is 6.07 Å². The zero-order chi connectivity index (χ0) is 26.1. The number of hydrogen-bond acceptors (Lipinski definition) is 9. The fraction of sp³-hybridized carbons (Fsp3) is 0.577. The van der Waals surface area contributed by atoms with Crippen LogP contribution >= 0.6 is 0 Å². The monoisotopic (exact) mass is 497 g/mol. The van der Waals surface area contributed by atoms with Crippen molar-refractivity contribution in [2.75, 3.05) is 27.2 Å². The first-order chi connectivity index (χ1) is 17.0. The Hall–Kier alpha value is -2.95. The average molecular weight is 498 g/mol. The first kappa shape index (κ1) is 24.7. The Morgan fingerprint density at radius 1 is 1.14 bits per heavy atom. The average Bonchev–Trinajstić information content (AvgIpc) is 3.28. The molecule has 1 aromatic carbocycles. The summed E-state index contributed by atoms with van der Waals surface area (Å²) in [4.78, 5) is 69.4. The van der Waals surface area contributed by atoms with Crippen molar-refractivity contribution in [3.8, 4) is 5.75 Å². The van der Waals surface area contributed by atoms with Crippen molar-refractivity contribution in [2.45, 2.75) is 43.9 Å². The molecule has 4 N–H and O–H groups in total. The molecular weight excluding hydrogens is 466 g/mol. The van der Waals surface area contributed by atoms with E-state index in [2.05, 4.69) is 4.90 Å². The zero-order valence-corrected chi connectivity index (χ0v) is 20.4. The molecule has 1 amide bonds. The number of likely N-dealkylation sites (tertiary alicyclic amines) is 1. The lowest BCUT2D eigenvalue weighted by Gasteiger charge is -2.52. The second-order valence-corrected chi connectivity index (χ2v) is 10.9. The van der Waals surface area contributed by atoms with E-state index in [1.165, 1.54) is 11.0 Å². The summed E-state index contributed by atoms with van der Waals surface area (Å²) in [5.41, 5.74) is 4.16. The van der Waals surface area contributed by atoms with Gasteiger partial charge in [-0.05, 0) is 76.0 Å². The maximum Gasteiger partial charge on any atom is 0.235 e. The fourth-order valence-corrected chi connectivity index (χ4v) is 6.99. The van der Waals surface area contributed by atoms with Gasteiger partial charge in [0.2, 0.25) is 5.91 Å². The minimum Gasteiger partial charge on any atom is -0.507 e. The van der Waals surface area contributed by atoms with Crippen molar-refractivity contribution in [1.29, 1.82) is 0 Å². The highest BCUT2D eigenvalue weighted by atomic mass is 16.3. The van der Waals surface area contributed by atoms with E-state index in [1.54, 1.807) is 14.1 Å². The topological polar surface area (TPSA) is 158 Å². The van der Waals surface area contributed by atoms with Gasteiger partial charge in [0.15, 0.2) is 34.7 Å². The zero-order valence-electron chi connectivity index (χ0n) is 20.4. The van der Waals surface area contributed by atoms with E-state index in [4.69, 9.17) is 5.73 Å². The summed E-state index contributed by atoms with van der Waals surface area (Å²) in [5, 5.41) is 22.3. The molecule has 2 saturated carbocycles. The Balaban J connectivity index is 1.55. The number of likely N-dealkylation sites (N-methyl/N-ethyl adjacent to an activating group) is 1. The highest BCUT2D eigenvalue weighted by Crippen LogP contribution is 2.50. The van der Waals surface area contributed by atoms with E-state index in [0.29, 0.717) is 12.1 Å². The van der Waals surface area contributed by atoms with E-state index in [-0.39, 0.29) is 24.2 Å². The molecule has 0 aromatic heterocycles. The van der Waals surface area contributed by atoms with E-state index < -0.39 is 64.4 Å². The van der Waals surface area contributed by atoms with Crippen LogP contribution in [0.2, 0.25) is 0 Å². The number of carbonyl (C=O) groups is 5. The largest absolute Gasteiger partial charge is 0.507 e. The van der Waals surface area contributed by atoms with Crippen LogP contribution in [0.25, 0.3) is 0 Å². The minimum atomic E-state index is -2.69. The number of amides is 1. The molecule has 4 aliphatic rings. The van der Waals surface area contributed by atoms with Gasteiger partial charge in [-0.25, -0.2) is 0 Å². The SMILES string of the molecule is CN(C)C1C(=O)C(C(N)=O)C(=O)C2(O)C(=O)C3C(=O)c4c(O)cc(CN5CCCC5)cc4CC3CC12. The van der Waals surface area contributed by atoms with Gasteiger partial charge in [0.25, 0.3) is 0 Å². The van der Waals surface area contributed by atoms with Gasteiger partial charge in [0.1, 0.15) is 5.75 Å². The summed E-state index contributed by atoms with van der Waals surface area (Å²) < 4.78 is 0. The molecule has 3 aliphatic carbocycles. The summed E-state index contributed by atoms with van der Waals surface area (Å²) in [6, 6.07) is 2.33. The number of carbonyl (C=O) groups excluding carboxylic acids is 5. The third kappa shape index (κ3) is 3.46. The molecule has 5 rings (SSSR count). The fourth-order valence-electron chi connectivity index (χ4n) is 6.99. The third-order valence-electron chi connectivity index (χ3n) is 8.53. The number of aromatic hydroxyl groups is 1. The van der Waals surface area contributed by atoms with Crippen molar-refractivity contribution in [3.05, 3.63) is 28.8 Å². The molecular formula is C26H31N3O7. The highest BCUT2D eigenvalue weighted by molar-refractivity contribution is 6.32. The number of benzene rings is 1. The summed E-state index contributed by atoms with van der Waals surface area (Å²) in [7, 11) is 3.13. The molecule has 0 bridgehead atoms. The molecule has 0 spiro atoms. The Morgan fingerprint density at radius 3 is 2.42 bits per heavy atom. The van der Waals surface area contributed by atoms with Gasteiger partial charge in [-0.15, -0.1) is 0 Å². The number of phenols is 1. The lowest BCUT2D eigenvalue weighted by molar-refractivity contribution is -0.181. The molecule has 10 heteroatoms. The van der Waals surface area contributed by atoms with Crippen molar-refractivity contribution in [1.82, 2.24) is 9.80 Å². The number of aliphatic hydroxyl groups is 1. The van der Waals surface area contributed by atoms with Crippen LogP contribution in [0, 0.1) is 23.7 Å². The van der Waals surface area contributed by atoms with Crippen LogP contribution in [0.15, 0.2) is 12.1 Å². The molecule has 1 aromatic rings. The van der Waals surface area contributed by atoms with Crippen LogP contribution in [-0.2, 0) is 32.1 Å². The van der Waals surface area contributed by atoms with Crippen LogP contribution in [0.1, 0.15) is 40.7 Å².